The number of benzene rings is 3. The lowest BCUT2D eigenvalue weighted by molar-refractivity contribution is 0.138. The van der Waals surface area contributed by atoms with Crippen molar-refractivity contribution in [3.8, 4) is 0 Å². The van der Waals surface area contributed by atoms with E-state index in [2.05, 4.69) is 73.8 Å². The fraction of sp³-hybridized carbons (Fsp3) is 0.333. The second-order valence-corrected chi connectivity index (χ2v) is 10.6. The maximum absolute atomic E-state index is 13.7. The van der Waals surface area contributed by atoms with E-state index in [1.807, 2.05) is 50.2 Å². The molecule has 5 rings (SSSR count). The maximum atomic E-state index is 13.7. The average Bonchev–Trinajstić information content (AvgIpc) is 3.58. The van der Waals surface area contributed by atoms with Gasteiger partial charge in [-0.05, 0) is 56.7 Å². The van der Waals surface area contributed by atoms with Gasteiger partial charge in [-0.15, -0.1) is 0 Å². The number of nitrogens with one attached hydrogen (secondary N) is 1. The Hall–Kier alpha value is -3.40. The SMILES string of the molecule is CC(C)(NC(=O)N1N=C(C2CC2c2ccccc2)C(c2ccccc2)C1(C)C)c1ccccc1. The van der Waals surface area contributed by atoms with Crippen LogP contribution in [0.3, 0.4) is 0 Å². The number of urea groups is 1. The molecular formula is C30H33N3O. The zero-order valence-electron chi connectivity index (χ0n) is 20.4. The van der Waals surface area contributed by atoms with Gasteiger partial charge >= 0.3 is 6.03 Å². The Balaban J connectivity index is 1.47. The standard InChI is InChI=1S/C30H33N3O/c1-29(2,23-18-12-7-13-19-23)31-28(34)33-30(3,4)26(22-16-10-6-11-17-22)27(32-33)25-20-24(25)21-14-8-5-9-15-21/h5-19,24-26H,20H2,1-4H3,(H,31,34). The van der Waals surface area contributed by atoms with E-state index in [4.69, 9.17) is 5.10 Å². The molecule has 1 N–H and O–H groups in total. The first-order valence-electron chi connectivity index (χ1n) is 12.2. The molecule has 3 aromatic rings. The Morgan fingerprint density at radius 1 is 0.853 bits per heavy atom. The Bertz CT molecular complexity index is 1190. The van der Waals surface area contributed by atoms with E-state index in [1.54, 1.807) is 5.01 Å². The topological polar surface area (TPSA) is 44.7 Å². The Kier molecular flexibility index (Phi) is 5.55. The average molecular weight is 452 g/mol. The summed E-state index contributed by atoms with van der Waals surface area (Å²) >= 11 is 0. The molecule has 4 nitrogen and oxygen atoms in total. The lowest BCUT2D eigenvalue weighted by atomic mass is 9.77. The fourth-order valence-corrected chi connectivity index (χ4v) is 5.44. The fourth-order valence-electron chi connectivity index (χ4n) is 5.44. The highest BCUT2D eigenvalue weighted by Gasteiger charge is 2.55. The first-order chi connectivity index (χ1) is 16.3. The minimum Gasteiger partial charge on any atom is -0.328 e. The van der Waals surface area contributed by atoms with Gasteiger partial charge in [0, 0.05) is 11.8 Å². The lowest BCUT2D eigenvalue weighted by Crippen LogP contribution is -2.53. The summed E-state index contributed by atoms with van der Waals surface area (Å²) in [6.07, 6.45) is 1.08. The Morgan fingerprint density at radius 2 is 1.38 bits per heavy atom. The van der Waals surface area contributed by atoms with Gasteiger partial charge in [0.1, 0.15) is 0 Å². The molecular weight excluding hydrogens is 418 g/mol. The van der Waals surface area contributed by atoms with Gasteiger partial charge in [0.05, 0.1) is 16.8 Å². The van der Waals surface area contributed by atoms with Crippen LogP contribution in [0, 0.1) is 5.92 Å². The minimum absolute atomic E-state index is 0.0537. The highest BCUT2D eigenvalue weighted by molar-refractivity contribution is 6.00. The number of rotatable bonds is 5. The van der Waals surface area contributed by atoms with Crippen molar-refractivity contribution in [2.45, 2.75) is 57.0 Å². The van der Waals surface area contributed by atoms with Crippen LogP contribution in [0.1, 0.15) is 62.6 Å². The number of hydrogen-bond acceptors (Lipinski definition) is 2. The summed E-state index contributed by atoms with van der Waals surface area (Å²) in [5.41, 5.74) is 3.75. The van der Waals surface area contributed by atoms with Crippen molar-refractivity contribution in [3.05, 3.63) is 108 Å². The molecule has 3 atom stereocenters. The monoisotopic (exact) mass is 451 g/mol. The van der Waals surface area contributed by atoms with Crippen LogP contribution in [0.5, 0.6) is 0 Å². The molecule has 1 aliphatic carbocycles. The van der Waals surface area contributed by atoms with Gasteiger partial charge in [-0.3, -0.25) is 0 Å². The van der Waals surface area contributed by atoms with Crippen molar-refractivity contribution in [1.82, 2.24) is 10.3 Å². The molecule has 0 bridgehead atoms. The van der Waals surface area contributed by atoms with Crippen LogP contribution in [0.15, 0.2) is 96.1 Å². The third-order valence-electron chi connectivity index (χ3n) is 7.40. The largest absolute Gasteiger partial charge is 0.339 e. The van der Waals surface area contributed by atoms with Crippen molar-refractivity contribution in [1.29, 1.82) is 0 Å². The molecule has 174 valence electrons. The van der Waals surface area contributed by atoms with Crippen LogP contribution in [0.4, 0.5) is 4.79 Å². The van der Waals surface area contributed by atoms with Gasteiger partial charge in [-0.25, -0.2) is 9.80 Å². The summed E-state index contributed by atoms with van der Waals surface area (Å²) < 4.78 is 0. The van der Waals surface area contributed by atoms with Gasteiger partial charge in [-0.1, -0.05) is 91.0 Å². The molecule has 0 aromatic heterocycles. The molecule has 0 saturated heterocycles. The van der Waals surface area contributed by atoms with E-state index in [9.17, 15) is 4.79 Å². The van der Waals surface area contributed by atoms with Crippen molar-refractivity contribution in [3.63, 3.8) is 0 Å². The van der Waals surface area contributed by atoms with Gasteiger partial charge in [0.15, 0.2) is 0 Å². The van der Waals surface area contributed by atoms with Gasteiger partial charge in [-0.2, -0.15) is 5.10 Å². The molecule has 3 aromatic carbocycles. The van der Waals surface area contributed by atoms with E-state index in [0.29, 0.717) is 11.8 Å². The van der Waals surface area contributed by atoms with E-state index in [-0.39, 0.29) is 11.9 Å². The second-order valence-electron chi connectivity index (χ2n) is 10.6. The van der Waals surface area contributed by atoms with Crippen molar-refractivity contribution >= 4 is 11.7 Å². The van der Waals surface area contributed by atoms with Crippen LogP contribution < -0.4 is 5.32 Å². The lowest BCUT2D eigenvalue weighted by Gasteiger charge is -2.37. The molecule has 2 aliphatic rings. The van der Waals surface area contributed by atoms with Gasteiger partial charge < -0.3 is 5.32 Å². The number of hydrazone groups is 1. The van der Waals surface area contributed by atoms with Crippen LogP contribution in [0.25, 0.3) is 0 Å². The van der Waals surface area contributed by atoms with Crippen LogP contribution in [0.2, 0.25) is 0 Å². The number of amides is 2. The minimum atomic E-state index is -0.513. The smallest absolute Gasteiger partial charge is 0.328 e. The molecule has 1 fully saturated rings. The van der Waals surface area contributed by atoms with Crippen LogP contribution in [-0.2, 0) is 5.54 Å². The molecule has 0 spiro atoms. The van der Waals surface area contributed by atoms with Gasteiger partial charge in [0.2, 0.25) is 0 Å². The molecule has 3 unspecified atom stereocenters. The number of nitrogens with zero attached hydrogens (tertiary/aromatic N) is 2. The van der Waals surface area contributed by atoms with E-state index >= 15 is 0 Å². The normalized spacial score (nSPS) is 23.4. The quantitative estimate of drug-likeness (QED) is 0.463. The highest BCUT2D eigenvalue weighted by Crippen LogP contribution is 2.55. The predicted octanol–water partition coefficient (Wildman–Crippen LogP) is 6.67. The molecule has 0 radical (unpaired) electrons. The van der Waals surface area contributed by atoms with Crippen LogP contribution >= 0.6 is 0 Å². The Morgan fingerprint density at radius 3 is 1.97 bits per heavy atom. The second kappa shape index (κ2) is 8.43. The summed E-state index contributed by atoms with van der Waals surface area (Å²) in [4.78, 5) is 13.7. The molecule has 1 saturated carbocycles. The zero-order chi connectivity index (χ0) is 23.9. The summed E-state index contributed by atoms with van der Waals surface area (Å²) in [5, 5.41) is 10.00. The molecule has 4 heteroatoms. The highest BCUT2D eigenvalue weighted by atomic mass is 16.2. The maximum Gasteiger partial charge on any atom is 0.339 e. The number of carbonyl (C=O) groups excluding carboxylic acids is 1. The van der Waals surface area contributed by atoms with E-state index in [1.165, 1.54) is 11.1 Å². The zero-order valence-corrected chi connectivity index (χ0v) is 20.4. The molecule has 1 heterocycles. The number of hydrogen-bond donors (Lipinski definition) is 1. The first kappa shape index (κ1) is 22.4. The first-order valence-corrected chi connectivity index (χ1v) is 12.2. The Labute approximate surface area is 202 Å². The van der Waals surface area contributed by atoms with Crippen molar-refractivity contribution < 1.29 is 4.79 Å². The van der Waals surface area contributed by atoms with E-state index in [0.717, 1.165) is 17.7 Å². The predicted molar refractivity (Wildman–Crippen MR) is 138 cm³/mol. The van der Waals surface area contributed by atoms with Crippen molar-refractivity contribution in [2.24, 2.45) is 11.0 Å². The molecule has 34 heavy (non-hydrogen) atoms. The third-order valence-corrected chi connectivity index (χ3v) is 7.40. The van der Waals surface area contributed by atoms with Gasteiger partial charge in [0.25, 0.3) is 0 Å². The summed E-state index contributed by atoms with van der Waals surface area (Å²) in [6.45, 7) is 8.34. The van der Waals surface area contributed by atoms with E-state index < -0.39 is 11.1 Å². The third kappa shape index (κ3) is 4.02. The summed E-state index contributed by atoms with van der Waals surface area (Å²) in [5.74, 6) is 0.871. The van der Waals surface area contributed by atoms with Crippen LogP contribution in [-0.4, -0.2) is 22.3 Å². The van der Waals surface area contributed by atoms with Crippen molar-refractivity contribution in [2.75, 3.05) is 0 Å². The summed E-state index contributed by atoms with van der Waals surface area (Å²) in [6, 6.07) is 31.1. The molecule has 1 aliphatic heterocycles. The summed E-state index contributed by atoms with van der Waals surface area (Å²) in [7, 11) is 0. The molecule has 2 amide bonds. The number of carbonyl (C=O) groups is 1.